The molecule has 10 nitrogen and oxygen atoms in total. The summed E-state index contributed by atoms with van der Waals surface area (Å²) in [5, 5.41) is 21.9. The van der Waals surface area contributed by atoms with Gasteiger partial charge in [-0.15, -0.1) is 0 Å². The van der Waals surface area contributed by atoms with Crippen LogP contribution in [0.1, 0.15) is 35.6 Å². The van der Waals surface area contributed by atoms with Crippen LogP contribution in [0, 0.1) is 18.3 Å². The van der Waals surface area contributed by atoms with E-state index in [9.17, 15) is 19.6 Å². The lowest BCUT2D eigenvalue weighted by atomic mass is 10.0. The second-order valence-electron chi connectivity index (χ2n) is 7.94. The number of pyridine rings is 1. The van der Waals surface area contributed by atoms with Crippen LogP contribution in [0.15, 0.2) is 27.9 Å². The van der Waals surface area contributed by atoms with Crippen molar-refractivity contribution in [2.75, 3.05) is 18.7 Å². The molecule has 0 atom stereocenters. The van der Waals surface area contributed by atoms with Gasteiger partial charge in [0.15, 0.2) is 11.5 Å². The highest BCUT2D eigenvalue weighted by molar-refractivity contribution is 8.26. The van der Waals surface area contributed by atoms with Crippen LogP contribution in [0.5, 0.6) is 11.5 Å². The molecule has 1 fully saturated rings. The molecule has 1 amide bonds. The first-order chi connectivity index (χ1) is 17.2. The number of benzene rings is 1. The summed E-state index contributed by atoms with van der Waals surface area (Å²) in [7, 11) is 0. The van der Waals surface area contributed by atoms with E-state index in [1.165, 1.54) is 9.47 Å². The van der Waals surface area contributed by atoms with Crippen molar-refractivity contribution in [1.29, 1.82) is 5.26 Å². The number of anilines is 1. The van der Waals surface area contributed by atoms with Gasteiger partial charge in [-0.2, -0.15) is 5.26 Å². The van der Waals surface area contributed by atoms with Crippen LogP contribution in [0.25, 0.3) is 6.08 Å². The fourth-order valence-corrected chi connectivity index (χ4v) is 5.21. The van der Waals surface area contributed by atoms with E-state index >= 15 is 0 Å². The molecule has 2 aliphatic rings. The molecule has 0 bridgehead atoms. The Morgan fingerprint density at radius 2 is 2.08 bits per heavy atom. The van der Waals surface area contributed by atoms with Gasteiger partial charge in [-0.3, -0.25) is 23.9 Å². The minimum Gasteiger partial charge on any atom is -0.481 e. The van der Waals surface area contributed by atoms with E-state index in [2.05, 4.69) is 5.32 Å². The Morgan fingerprint density at radius 1 is 1.33 bits per heavy atom. The van der Waals surface area contributed by atoms with Crippen molar-refractivity contribution < 1.29 is 24.2 Å². The molecule has 1 aromatic heterocycles. The van der Waals surface area contributed by atoms with Gasteiger partial charge in [-0.1, -0.05) is 30.0 Å². The predicted molar refractivity (Wildman–Crippen MR) is 138 cm³/mol. The van der Waals surface area contributed by atoms with Crippen molar-refractivity contribution in [1.82, 2.24) is 9.47 Å². The van der Waals surface area contributed by atoms with E-state index in [0.717, 1.165) is 17.3 Å². The molecule has 0 unspecified atom stereocenters. The van der Waals surface area contributed by atoms with E-state index in [-0.39, 0.29) is 41.1 Å². The quantitative estimate of drug-likeness (QED) is 0.390. The average Bonchev–Trinajstić information content (AvgIpc) is 3.42. The Labute approximate surface area is 216 Å². The number of nitriles is 1. The molecule has 1 aromatic carbocycles. The molecule has 2 aliphatic heterocycles. The van der Waals surface area contributed by atoms with Crippen LogP contribution in [0.4, 0.5) is 5.82 Å². The van der Waals surface area contributed by atoms with Gasteiger partial charge in [0.1, 0.15) is 21.8 Å². The minimum atomic E-state index is -1.03. The fourth-order valence-electron chi connectivity index (χ4n) is 3.92. The third-order valence-corrected chi connectivity index (χ3v) is 7.16. The first-order valence-electron chi connectivity index (χ1n) is 11.0. The first kappa shape index (κ1) is 25.3. The minimum absolute atomic E-state index is 0.0157. The van der Waals surface area contributed by atoms with Gasteiger partial charge in [-0.25, -0.2) is 0 Å². The topological polar surface area (TPSA) is 134 Å². The lowest BCUT2D eigenvalue weighted by molar-refractivity contribution is -0.137. The van der Waals surface area contributed by atoms with Gasteiger partial charge in [0, 0.05) is 25.2 Å². The number of amides is 1. The number of carbonyl (C=O) groups excluding carboxylic acids is 1. The van der Waals surface area contributed by atoms with Gasteiger partial charge in [-0.05, 0) is 43.2 Å². The first-order valence-corrected chi connectivity index (χ1v) is 12.2. The number of thioether (sulfide) groups is 1. The molecule has 186 valence electrons. The largest absolute Gasteiger partial charge is 0.481 e. The van der Waals surface area contributed by atoms with Crippen molar-refractivity contribution in [3.8, 4) is 17.6 Å². The van der Waals surface area contributed by atoms with Gasteiger partial charge in [0.05, 0.1) is 11.3 Å². The number of carboxylic acids is 1. The SMILES string of the molecule is CCn1c(NCc2ccc3c(c2)OCO3)c(/C=C2/SC(=S)N(CCC(=O)O)C2=O)c(C)c(C#N)c1=O. The summed E-state index contributed by atoms with van der Waals surface area (Å²) >= 11 is 6.34. The monoisotopic (exact) mass is 526 g/mol. The third-order valence-electron chi connectivity index (χ3n) is 5.79. The molecule has 2 N–H and O–H groups in total. The van der Waals surface area contributed by atoms with E-state index in [4.69, 9.17) is 26.8 Å². The molecular weight excluding hydrogens is 504 g/mol. The molecule has 0 saturated carbocycles. The van der Waals surface area contributed by atoms with Crippen molar-refractivity contribution in [3.63, 3.8) is 0 Å². The van der Waals surface area contributed by atoms with Crippen molar-refractivity contribution in [2.24, 2.45) is 0 Å². The second-order valence-corrected chi connectivity index (χ2v) is 9.62. The number of carbonyl (C=O) groups is 2. The van der Waals surface area contributed by atoms with Crippen LogP contribution < -0.4 is 20.3 Å². The number of thiocarbonyl (C=S) groups is 1. The number of carboxylic acid groups (broad SMARTS) is 1. The van der Waals surface area contributed by atoms with Crippen LogP contribution in [-0.4, -0.2) is 44.1 Å². The Kier molecular flexibility index (Phi) is 7.32. The molecule has 2 aromatic rings. The number of nitrogens with zero attached hydrogens (tertiary/aromatic N) is 3. The van der Waals surface area contributed by atoms with Gasteiger partial charge in [0.2, 0.25) is 6.79 Å². The number of rotatable bonds is 8. The number of ether oxygens (including phenoxy) is 2. The number of aromatic nitrogens is 1. The summed E-state index contributed by atoms with van der Waals surface area (Å²) in [6.07, 6.45) is 1.37. The predicted octanol–water partition coefficient (Wildman–Crippen LogP) is 3.07. The molecule has 0 spiro atoms. The lowest BCUT2D eigenvalue weighted by Gasteiger charge is -2.19. The van der Waals surface area contributed by atoms with Gasteiger partial charge >= 0.3 is 5.97 Å². The van der Waals surface area contributed by atoms with Crippen LogP contribution in [0.3, 0.4) is 0 Å². The number of hydrogen-bond donors (Lipinski definition) is 2. The van der Waals surface area contributed by atoms with Crippen LogP contribution in [0.2, 0.25) is 0 Å². The molecule has 1 saturated heterocycles. The smallest absolute Gasteiger partial charge is 0.305 e. The maximum absolute atomic E-state index is 13.0. The third kappa shape index (κ3) is 4.80. The normalized spacial score (nSPS) is 15.5. The molecule has 36 heavy (non-hydrogen) atoms. The average molecular weight is 527 g/mol. The highest BCUT2D eigenvalue weighted by Gasteiger charge is 2.33. The number of aliphatic carboxylic acids is 1. The number of nitrogens with one attached hydrogen (secondary N) is 1. The van der Waals surface area contributed by atoms with E-state index in [0.29, 0.717) is 35.0 Å². The molecular formula is C24H22N4O6S2. The Hall–Kier alpha value is -3.82. The van der Waals surface area contributed by atoms with E-state index in [1.807, 2.05) is 18.2 Å². The highest BCUT2D eigenvalue weighted by atomic mass is 32.2. The summed E-state index contributed by atoms with van der Waals surface area (Å²) < 4.78 is 12.5. The van der Waals surface area contributed by atoms with Crippen LogP contribution in [-0.2, 0) is 22.7 Å². The summed E-state index contributed by atoms with van der Waals surface area (Å²) in [6.45, 7) is 4.19. The molecule has 4 rings (SSSR count). The van der Waals surface area contributed by atoms with Crippen molar-refractivity contribution >= 4 is 52.1 Å². The zero-order valence-corrected chi connectivity index (χ0v) is 21.1. The molecule has 0 radical (unpaired) electrons. The lowest BCUT2D eigenvalue weighted by Crippen LogP contribution is -2.30. The van der Waals surface area contributed by atoms with Gasteiger partial charge < -0.3 is 19.9 Å². The summed E-state index contributed by atoms with van der Waals surface area (Å²) in [6, 6.07) is 7.50. The zero-order valence-electron chi connectivity index (χ0n) is 19.5. The van der Waals surface area contributed by atoms with Crippen molar-refractivity contribution in [2.45, 2.75) is 33.4 Å². The summed E-state index contributed by atoms with van der Waals surface area (Å²) in [4.78, 5) is 38.5. The number of fused-ring (bicyclic) bond motifs is 1. The van der Waals surface area contributed by atoms with E-state index < -0.39 is 17.4 Å². The molecule has 3 heterocycles. The highest BCUT2D eigenvalue weighted by Crippen LogP contribution is 2.36. The summed E-state index contributed by atoms with van der Waals surface area (Å²) in [5.74, 6) is 0.285. The standard InChI is InChI=1S/C24H22N4O6S2/c1-3-27-21(26-11-14-4-5-17-18(8-14)34-12-33-17)15(13(2)16(10-25)22(27)31)9-19-23(32)28(24(35)36-19)7-6-20(29)30/h4-5,8-9,26H,3,6-7,11-12H2,1-2H3,(H,29,30)/b19-9+. The maximum atomic E-state index is 13.0. The summed E-state index contributed by atoms with van der Waals surface area (Å²) in [5.41, 5.74) is 1.36. The maximum Gasteiger partial charge on any atom is 0.305 e. The molecule has 12 heteroatoms. The Bertz CT molecular complexity index is 1410. The van der Waals surface area contributed by atoms with Crippen LogP contribution >= 0.6 is 24.0 Å². The molecule has 0 aliphatic carbocycles. The van der Waals surface area contributed by atoms with E-state index in [1.54, 1.807) is 26.0 Å². The van der Waals surface area contributed by atoms with Gasteiger partial charge in [0.25, 0.3) is 11.5 Å². The zero-order chi connectivity index (χ0) is 26.0. The Balaban J connectivity index is 1.74. The van der Waals surface area contributed by atoms with Crippen molar-refractivity contribution in [3.05, 3.63) is 55.7 Å². The number of hydrogen-bond acceptors (Lipinski definition) is 9. The Morgan fingerprint density at radius 3 is 2.78 bits per heavy atom. The second kappa shape index (κ2) is 10.4. The fraction of sp³-hybridized carbons (Fsp3) is 0.292.